The van der Waals surface area contributed by atoms with Crippen LogP contribution in [0.3, 0.4) is 0 Å². The number of rotatable bonds is 3. The molecule has 1 aliphatic carbocycles. The molecular formula is C20H23ClN6. The molecule has 2 aromatic heterocycles. The van der Waals surface area contributed by atoms with E-state index in [1.807, 2.05) is 31.2 Å². The third kappa shape index (κ3) is 2.97. The zero-order valence-electron chi connectivity index (χ0n) is 15.7. The topological polar surface area (TPSA) is 50.1 Å². The molecule has 5 rings (SSSR count). The molecule has 1 saturated heterocycles. The summed E-state index contributed by atoms with van der Waals surface area (Å²) in [6, 6.07) is 8.38. The van der Waals surface area contributed by atoms with Gasteiger partial charge < -0.3 is 14.4 Å². The maximum Gasteiger partial charge on any atom is 0.166 e. The van der Waals surface area contributed by atoms with Crippen LogP contribution in [0.5, 0.6) is 0 Å². The van der Waals surface area contributed by atoms with Gasteiger partial charge in [0.05, 0.1) is 5.02 Å². The zero-order chi connectivity index (χ0) is 18.5. The number of anilines is 1. The van der Waals surface area contributed by atoms with E-state index in [4.69, 9.17) is 26.6 Å². The van der Waals surface area contributed by atoms with Gasteiger partial charge in [-0.15, -0.1) is 0 Å². The molecule has 6 nitrogen and oxygen atoms in total. The maximum atomic E-state index is 6.51. The molecule has 0 spiro atoms. The van der Waals surface area contributed by atoms with Crippen molar-refractivity contribution < 1.29 is 0 Å². The van der Waals surface area contributed by atoms with Crippen molar-refractivity contribution in [2.45, 2.75) is 25.8 Å². The summed E-state index contributed by atoms with van der Waals surface area (Å²) in [7, 11) is 2.16. The van der Waals surface area contributed by atoms with Crippen LogP contribution in [0.1, 0.15) is 24.7 Å². The molecule has 7 heteroatoms. The van der Waals surface area contributed by atoms with Gasteiger partial charge in [-0.25, -0.2) is 15.0 Å². The summed E-state index contributed by atoms with van der Waals surface area (Å²) in [5.74, 6) is 2.66. The summed E-state index contributed by atoms with van der Waals surface area (Å²) in [6.07, 6.45) is 2.33. The Morgan fingerprint density at radius 2 is 1.74 bits per heavy atom. The van der Waals surface area contributed by atoms with Crippen molar-refractivity contribution in [3.8, 4) is 11.4 Å². The van der Waals surface area contributed by atoms with Crippen molar-refractivity contribution in [2.75, 3.05) is 38.1 Å². The number of halogens is 1. The summed E-state index contributed by atoms with van der Waals surface area (Å²) in [5, 5.41) is 0.723. The molecule has 2 aliphatic rings. The number of fused-ring (bicyclic) bond motifs is 1. The van der Waals surface area contributed by atoms with E-state index in [0.717, 1.165) is 78.2 Å². The molecule has 2 fully saturated rings. The Labute approximate surface area is 163 Å². The molecule has 0 unspecified atom stereocenters. The Bertz CT molecular complexity index is 1000. The normalized spacial score (nSPS) is 18.4. The lowest BCUT2D eigenvalue weighted by molar-refractivity contribution is 0.312. The maximum absolute atomic E-state index is 6.51. The van der Waals surface area contributed by atoms with Gasteiger partial charge in [-0.05, 0) is 38.9 Å². The van der Waals surface area contributed by atoms with Crippen molar-refractivity contribution in [2.24, 2.45) is 0 Å². The standard InChI is InChI=1S/C20H23ClN6/c1-13-22-19(26-11-9-25(2)10-12-26)17-20(23-13)27(14-7-8-14)18(24-17)15-5-3-4-6-16(15)21/h3-6,14H,7-12H2,1-2H3. The Kier molecular flexibility index (Phi) is 4.06. The number of imidazole rings is 1. The van der Waals surface area contributed by atoms with Crippen LogP contribution < -0.4 is 4.90 Å². The van der Waals surface area contributed by atoms with Crippen LogP contribution in [0.2, 0.25) is 5.02 Å². The average molecular weight is 383 g/mol. The number of nitrogens with zero attached hydrogens (tertiary/aromatic N) is 6. The van der Waals surface area contributed by atoms with E-state index >= 15 is 0 Å². The molecule has 0 amide bonds. The summed E-state index contributed by atoms with van der Waals surface area (Å²) < 4.78 is 2.28. The molecule has 0 N–H and O–H groups in total. The number of aryl methyl sites for hydroxylation is 1. The van der Waals surface area contributed by atoms with Crippen molar-refractivity contribution in [3.63, 3.8) is 0 Å². The summed E-state index contributed by atoms with van der Waals surface area (Å²) in [4.78, 5) is 19.3. The highest BCUT2D eigenvalue weighted by molar-refractivity contribution is 6.33. The molecule has 1 aromatic carbocycles. The summed E-state index contributed by atoms with van der Waals surface area (Å²) >= 11 is 6.51. The van der Waals surface area contributed by atoms with Gasteiger partial charge >= 0.3 is 0 Å². The molecule has 1 aliphatic heterocycles. The molecule has 0 atom stereocenters. The van der Waals surface area contributed by atoms with Crippen molar-refractivity contribution in [3.05, 3.63) is 35.1 Å². The highest BCUT2D eigenvalue weighted by atomic mass is 35.5. The van der Waals surface area contributed by atoms with E-state index in [9.17, 15) is 0 Å². The second kappa shape index (κ2) is 6.46. The van der Waals surface area contributed by atoms with Gasteiger partial charge in [0.15, 0.2) is 17.0 Å². The molecule has 0 bridgehead atoms. The Hall–Kier alpha value is -2.18. The first-order valence-electron chi connectivity index (χ1n) is 9.57. The second-order valence-electron chi connectivity index (χ2n) is 7.57. The quantitative estimate of drug-likeness (QED) is 0.693. The second-order valence-corrected chi connectivity index (χ2v) is 7.98. The monoisotopic (exact) mass is 382 g/mol. The van der Waals surface area contributed by atoms with Gasteiger partial charge in [0.25, 0.3) is 0 Å². The number of benzene rings is 1. The fourth-order valence-electron chi connectivity index (χ4n) is 3.82. The van der Waals surface area contributed by atoms with Crippen LogP contribution in [-0.2, 0) is 0 Å². The number of likely N-dealkylation sites (N-methyl/N-ethyl adjacent to an activating group) is 1. The minimum atomic E-state index is 0.455. The highest BCUT2D eigenvalue weighted by Crippen LogP contribution is 2.43. The van der Waals surface area contributed by atoms with E-state index in [2.05, 4.69) is 21.4 Å². The van der Waals surface area contributed by atoms with E-state index < -0.39 is 0 Å². The van der Waals surface area contributed by atoms with Crippen LogP contribution in [0.25, 0.3) is 22.6 Å². The van der Waals surface area contributed by atoms with Crippen LogP contribution in [-0.4, -0.2) is 57.6 Å². The first-order chi connectivity index (χ1) is 13.1. The largest absolute Gasteiger partial charge is 0.352 e. The van der Waals surface area contributed by atoms with Gasteiger partial charge in [-0.1, -0.05) is 23.7 Å². The predicted molar refractivity (Wildman–Crippen MR) is 108 cm³/mol. The Morgan fingerprint density at radius 3 is 2.44 bits per heavy atom. The molecule has 27 heavy (non-hydrogen) atoms. The van der Waals surface area contributed by atoms with Gasteiger partial charge in [0, 0.05) is 37.8 Å². The molecular weight excluding hydrogens is 360 g/mol. The number of hydrogen-bond donors (Lipinski definition) is 0. The van der Waals surface area contributed by atoms with Crippen molar-refractivity contribution >= 4 is 28.6 Å². The lowest BCUT2D eigenvalue weighted by atomic mass is 10.2. The van der Waals surface area contributed by atoms with E-state index in [1.54, 1.807) is 0 Å². The SMILES string of the molecule is Cc1nc(N2CCN(C)CC2)c2nc(-c3ccccc3Cl)n(C3CC3)c2n1. The zero-order valence-corrected chi connectivity index (χ0v) is 16.4. The lowest BCUT2D eigenvalue weighted by Crippen LogP contribution is -2.45. The Morgan fingerprint density at radius 1 is 1.00 bits per heavy atom. The fourth-order valence-corrected chi connectivity index (χ4v) is 4.04. The first kappa shape index (κ1) is 17.0. The van der Waals surface area contributed by atoms with E-state index in [0.29, 0.717) is 6.04 Å². The molecule has 0 radical (unpaired) electrons. The molecule has 1 saturated carbocycles. The predicted octanol–water partition coefficient (Wildman–Crippen LogP) is 3.54. The van der Waals surface area contributed by atoms with Gasteiger partial charge in [-0.3, -0.25) is 0 Å². The lowest BCUT2D eigenvalue weighted by Gasteiger charge is -2.33. The van der Waals surface area contributed by atoms with Gasteiger partial charge in [0.1, 0.15) is 11.6 Å². The minimum Gasteiger partial charge on any atom is -0.352 e. The highest BCUT2D eigenvalue weighted by Gasteiger charge is 2.32. The molecule has 3 heterocycles. The minimum absolute atomic E-state index is 0.455. The van der Waals surface area contributed by atoms with Gasteiger partial charge in [-0.2, -0.15) is 0 Å². The third-order valence-corrected chi connectivity index (χ3v) is 5.79. The van der Waals surface area contributed by atoms with Crippen molar-refractivity contribution in [1.82, 2.24) is 24.4 Å². The first-order valence-corrected chi connectivity index (χ1v) is 9.94. The fraction of sp³-hybridized carbons (Fsp3) is 0.450. The average Bonchev–Trinajstić information content (AvgIpc) is 3.43. The number of aromatic nitrogens is 4. The van der Waals surface area contributed by atoms with Crippen LogP contribution >= 0.6 is 11.6 Å². The molecule has 140 valence electrons. The smallest absolute Gasteiger partial charge is 0.166 e. The van der Waals surface area contributed by atoms with E-state index in [1.165, 1.54) is 0 Å². The third-order valence-electron chi connectivity index (χ3n) is 5.46. The van der Waals surface area contributed by atoms with Crippen LogP contribution in [0.15, 0.2) is 24.3 Å². The van der Waals surface area contributed by atoms with Crippen molar-refractivity contribution in [1.29, 1.82) is 0 Å². The van der Waals surface area contributed by atoms with Crippen LogP contribution in [0.4, 0.5) is 5.82 Å². The van der Waals surface area contributed by atoms with Crippen LogP contribution in [0, 0.1) is 6.92 Å². The number of hydrogen-bond acceptors (Lipinski definition) is 5. The summed E-state index contributed by atoms with van der Waals surface area (Å²) in [5.41, 5.74) is 2.80. The van der Waals surface area contributed by atoms with E-state index in [-0.39, 0.29) is 0 Å². The number of piperazine rings is 1. The molecule has 3 aromatic rings. The Balaban J connectivity index is 1.72. The van der Waals surface area contributed by atoms with Gasteiger partial charge in [0.2, 0.25) is 0 Å². The summed E-state index contributed by atoms with van der Waals surface area (Å²) in [6.45, 7) is 5.95.